The van der Waals surface area contributed by atoms with Crippen LogP contribution in [0.4, 0.5) is 0 Å². The average molecular weight is 270 g/mol. The summed E-state index contributed by atoms with van der Waals surface area (Å²) in [7, 11) is 0. The zero-order chi connectivity index (χ0) is 14.6. The number of nitrogens with zero attached hydrogens (tertiary/aromatic N) is 1. The van der Waals surface area contributed by atoms with Crippen molar-refractivity contribution in [3.63, 3.8) is 0 Å². The van der Waals surface area contributed by atoms with Gasteiger partial charge in [-0.2, -0.15) is 0 Å². The first kappa shape index (κ1) is 16.0. The van der Waals surface area contributed by atoms with Crippen molar-refractivity contribution in [1.29, 1.82) is 0 Å². The molecule has 2 N–H and O–H groups in total. The first-order valence-electron chi connectivity index (χ1n) is 6.98. The first-order valence-corrected chi connectivity index (χ1v) is 6.98. The SMILES string of the molecule is CCOC(=O)C1CCCN(C(=O)[C@H](N)C(C)(C)C)C1. The minimum Gasteiger partial charge on any atom is -0.466 e. The Labute approximate surface area is 115 Å². The van der Waals surface area contributed by atoms with Gasteiger partial charge in [-0.1, -0.05) is 20.8 Å². The van der Waals surface area contributed by atoms with E-state index in [9.17, 15) is 9.59 Å². The van der Waals surface area contributed by atoms with E-state index in [0.717, 1.165) is 12.8 Å². The van der Waals surface area contributed by atoms with Crippen LogP contribution >= 0.6 is 0 Å². The molecular formula is C14H26N2O3. The molecule has 1 aliphatic rings. The van der Waals surface area contributed by atoms with Gasteiger partial charge in [-0.3, -0.25) is 9.59 Å². The Hall–Kier alpha value is -1.10. The lowest BCUT2D eigenvalue weighted by Crippen LogP contribution is -2.53. The molecule has 5 heteroatoms. The summed E-state index contributed by atoms with van der Waals surface area (Å²) in [5.41, 5.74) is 5.73. The van der Waals surface area contributed by atoms with Gasteiger partial charge in [0.1, 0.15) is 0 Å². The quantitative estimate of drug-likeness (QED) is 0.781. The fraction of sp³-hybridized carbons (Fsp3) is 0.857. The van der Waals surface area contributed by atoms with Gasteiger partial charge in [0.25, 0.3) is 0 Å². The molecule has 0 bridgehead atoms. The topological polar surface area (TPSA) is 72.6 Å². The van der Waals surface area contributed by atoms with Crippen molar-refractivity contribution >= 4 is 11.9 Å². The lowest BCUT2D eigenvalue weighted by atomic mass is 9.86. The molecule has 0 aromatic heterocycles. The molecule has 1 fully saturated rings. The van der Waals surface area contributed by atoms with Gasteiger partial charge in [0.05, 0.1) is 18.6 Å². The molecule has 5 nitrogen and oxygen atoms in total. The van der Waals surface area contributed by atoms with E-state index in [4.69, 9.17) is 10.5 Å². The molecule has 1 saturated heterocycles. The van der Waals surface area contributed by atoms with Crippen molar-refractivity contribution in [1.82, 2.24) is 4.90 Å². The van der Waals surface area contributed by atoms with Crippen LogP contribution in [-0.4, -0.2) is 42.5 Å². The van der Waals surface area contributed by atoms with Crippen molar-refractivity contribution in [2.45, 2.75) is 46.6 Å². The van der Waals surface area contributed by atoms with Crippen LogP contribution in [0, 0.1) is 11.3 Å². The number of nitrogens with two attached hydrogens (primary N) is 1. The number of piperidine rings is 1. The van der Waals surface area contributed by atoms with Gasteiger partial charge < -0.3 is 15.4 Å². The number of hydrogen-bond acceptors (Lipinski definition) is 4. The van der Waals surface area contributed by atoms with Crippen LogP contribution in [0.5, 0.6) is 0 Å². The van der Waals surface area contributed by atoms with E-state index in [1.807, 2.05) is 20.8 Å². The maximum atomic E-state index is 12.3. The normalized spacial score (nSPS) is 21.9. The highest BCUT2D eigenvalue weighted by Gasteiger charge is 2.35. The summed E-state index contributed by atoms with van der Waals surface area (Å²) < 4.78 is 5.03. The molecule has 1 heterocycles. The van der Waals surface area contributed by atoms with Gasteiger partial charge in [0.15, 0.2) is 0 Å². The summed E-state index contributed by atoms with van der Waals surface area (Å²) in [5, 5.41) is 0. The van der Waals surface area contributed by atoms with Crippen LogP contribution in [0.2, 0.25) is 0 Å². The predicted octanol–water partition coefficient (Wildman–Crippen LogP) is 1.16. The van der Waals surface area contributed by atoms with Crippen LogP contribution in [0.15, 0.2) is 0 Å². The number of esters is 1. The summed E-state index contributed by atoms with van der Waals surface area (Å²) in [4.78, 5) is 25.8. The molecule has 19 heavy (non-hydrogen) atoms. The second-order valence-electron chi connectivity index (χ2n) is 6.22. The highest BCUT2D eigenvalue weighted by molar-refractivity contribution is 5.83. The molecule has 0 aliphatic carbocycles. The highest BCUT2D eigenvalue weighted by Crippen LogP contribution is 2.23. The number of rotatable bonds is 3. The third-order valence-corrected chi connectivity index (χ3v) is 3.55. The van der Waals surface area contributed by atoms with E-state index in [1.54, 1.807) is 11.8 Å². The van der Waals surface area contributed by atoms with Crippen LogP contribution in [0.3, 0.4) is 0 Å². The number of carbonyl (C=O) groups is 2. The monoisotopic (exact) mass is 270 g/mol. The summed E-state index contributed by atoms with van der Waals surface area (Å²) in [6, 6.07) is -0.534. The lowest BCUT2D eigenvalue weighted by molar-refractivity contribution is -0.151. The van der Waals surface area contributed by atoms with E-state index < -0.39 is 6.04 Å². The Morgan fingerprint density at radius 3 is 2.58 bits per heavy atom. The van der Waals surface area contributed by atoms with Gasteiger partial charge in [-0.15, -0.1) is 0 Å². The largest absolute Gasteiger partial charge is 0.466 e. The van der Waals surface area contributed by atoms with E-state index in [1.165, 1.54) is 0 Å². The number of likely N-dealkylation sites (tertiary alicyclic amines) is 1. The Bertz CT molecular complexity index is 336. The predicted molar refractivity (Wildman–Crippen MR) is 73.4 cm³/mol. The minimum atomic E-state index is -0.534. The number of ether oxygens (including phenoxy) is 1. The summed E-state index contributed by atoms with van der Waals surface area (Å²) in [6.07, 6.45) is 1.61. The van der Waals surface area contributed by atoms with E-state index >= 15 is 0 Å². The molecule has 0 aromatic rings. The second kappa shape index (κ2) is 6.37. The molecule has 1 rings (SSSR count). The van der Waals surface area contributed by atoms with Crippen LogP contribution in [0.1, 0.15) is 40.5 Å². The van der Waals surface area contributed by atoms with Crippen molar-refractivity contribution < 1.29 is 14.3 Å². The van der Waals surface area contributed by atoms with E-state index in [-0.39, 0.29) is 23.2 Å². The van der Waals surface area contributed by atoms with Crippen LogP contribution in [0.25, 0.3) is 0 Å². The van der Waals surface area contributed by atoms with E-state index in [0.29, 0.717) is 19.7 Å². The van der Waals surface area contributed by atoms with Gasteiger partial charge in [0, 0.05) is 13.1 Å². The average Bonchev–Trinajstić information content (AvgIpc) is 2.36. The fourth-order valence-electron chi connectivity index (χ4n) is 2.20. The van der Waals surface area contributed by atoms with Crippen LogP contribution < -0.4 is 5.73 Å². The van der Waals surface area contributed by atoms with Crippen molar-refractivity contribution in [3.05, 3.63) is 0 Å². The molecule has 0 saturated carbocycles. The van der Waals surface area contributed by atoms with Crippen molar-refractivity contribution in [2.75, 3.05) is 19.7 Å². The zero-order valence-electron chi connectivity index (χ0n) is 12.4. The molecule has 0 aromatic carbocycles. The Balaban J connectivity index is 2.64. The maximum absolute atomic E-state index is 12.3. The smallest absolute Gasteiger partial charge is 0.310 e. The molecule has 0 spiro atoms. The van der Waals surface area contributed by atoms with E-state index in [2.05, 4.69) is 0 Å². The van der Waals surface area contributed by atoms with Gasteiger partial charge in [-0.05, 0) is 25.2 Å². The summed E-state index contributed by atoms with van der Waals surface area (Å²) in [6.45, 7) is 9.12. The molecule has 2 atom stereocenters. The third-order valence-electron chi connectivity index (χ3n) is 3.55. The zero-order valence-corrected chi connectivity index (χ0v) is 12.4. The van der Waals surface area contributed by atoms with Gasteiger partial charge in [-0.25, -0.2) is 0 Å². The Kier molecular flexibility index (Phi) is 5.35. The summed E-state index contributed by atoms with van der Waals surface area (Å²) in [5.74, 6) is -0.476. The van der Waals surface area contributed by atoms with Gasteiger partial charge in [0.2, 0.25) is 5.91 Å². The number of carbonyl (C=O) groups excluding carboxylic acids is 2. The number of hydrogen-bond donors (Lipinski definition) is 1. The molecular weight excluding hydrogens is 244 g/mol. The number of amides is 1. The standard InChI is InChI=1S/C14H26N2O3/c1-5-19-13(18)10-7-6-8-16(9-10)12(17)11(15)14(2,3)4/h10-11H,5-9,15H2,1-4H3/t10?,11-/m0/s1. The molecule has 1 aliphatic heterocycles. The Morgan fingerprint density at radius 1 is 1.42 bits per heavy atom. The van der Waals surface area contributed by atoms with Crippen molar-refractivity contribution in [2.24, 2.45) is 17.1 Å². The summed E-state index contributed by atoms with van der Waals surface area (Å²) >= 11 is 0. The highest BCUT2D eigenvalue weighted by atomic mass is 16.5. The first-order chi connectivity index (χ1) is 8.77. The molecule has 1 unspecified atom stereocenters. The van der Waals surface area contributed by atoms with Crippen LogP contribution in [-0.2, 0) is 14.3 Å². The van der Waals surface area contributed by atoms with Gasteiger partial charge >= 0.3 is 5.97 Å². The lowest BCUT2D eigenvalue weighted by Gasteiger charge is -2.36. The second-order valence-corrected chi connectivity index (χ2v) is 6.22. The minimum absolute atomic E-state index is 0.0681. The molecule has 1 amide bonds. The maximum Gasteiger partial charge on any atom is 0.310 e. The molecule has 0 radical (unpaired) electrons. The molecule has 110 valence electrons. The fourth-order valence-corrected chi connectivity index (χ4v) is 2.20. The third kappa shape index (κ3) is 4.20. The Morgan fingerprint density at radius 2 is 2.05 bits per heavy atom. The van der Waals surface area contributed by atoms with Crippen molar-refractivity contribution in [3.8, 4) is 0 Å².